The molecular formula is C12H27NO5. The highest BCUT2D eigenvalue weighted by molar-refractivity contribution is 4.62. The van der Waals surface area contributed by atoms with Crippen LogP contribution in [0.1, 0.15) is 13.3 Å². The Morgan fingerprint density at radius 3 is 2.28 bits per heavy atom. The van der Waals surface area contributed by atoms with Crippen molar-refractivity contribution in [2.75, 3.05) is 47.1 Å². The summed E-state index contributed by atoms with van der Waals surface area (Å²) in [4.78, 5) is 0. The predicted molar refractivity (Wildman–Crippen MR) is 68.7 cm³/mol. The molecule has 0 spiro atoms. The highest BCUT2D eigenvalue weighted by Crippen LogP contribution is 1.94. The zero-order chi connectivity index (χ0) is 13.8. The summed E-state index contributed by atoms with van der Waals surface area (Å²) >= 11 is 0. The molecule has 0 radical (unpaired) electrons. The highest BCUT2D eigenvalue weighted by atomic mass is 16.5. The maximum Gasteiger partial charge on any atom is 0.0897 e. The molecule has 0 aliphatic carbocycles. The van der Waals surface area contributed by atoms with Crippen LogP contribution >= 0.6 is 0 Å². The fraction of sp³-hybridized carbons (Fsp3) is 1.00. The lowest BCUT2D eigenvalue weighted by molar-refractivity contribution is -0.0312. The number of ether oxygens (including phenoxy) is 3. The molecule has 0 aromatic heterocycles. The van der Waals surface area contributed by atoms with E-state index in [0.29, 0.717) is 32.7 Å². The monoisotopic (exact) mass is 265 g/mol. The maximum atomic E-state index is 9.62. The van der Waals surface area contributed by atoms with E-state index in [0.717, 1.165) is 0 Å². The molecule has 0 saturated heterocycles. The van der Waals surface area contributed by atoms with Crippen molar-refractivity contribution in [3.8, 4) is 0 Å². The molecule has 3 N–H and O–H groups in total. The number of nitrogens with one attached hydrogen (secondary N) is 1. The average Bonchev–Trinajstić information content (AvgIpc) is 2.33. The molecule has 0 fully saturated rings. The van der Waals surface area contributed by atoms with Crippen molar-refractivity contribution in [1.82, 2.24) is 5.32 Å². The van der Waals surface area contributed by atoms with Crippen molar-refractivity contribution in [2.24, 2.45) is 0 Å². The first-order valence-electron chi connectivity index (χ1n) is 6.26. The fourth-order valence-corrected chi connectivity index (χ4v) is 1.43. The van der Waals surface area contributed by atoms with Gasteiger partial charge in [-0.25, -0.2) is 0 Å². The second-order valence-corrected chi connectivity index (χ2v) is 4.36. The van der Waals surface area contributed by atoms with E-state index in [2.05, 4.69) is 5.32 Å². The molecule has 6 heteroatoms. The zero-order valence-electron chi connectivity index (χ0n) is 11.6. The topological polar surface area (TPSA) is 80.2 Å². The van der Waals surface area contributed by atoms with Crippen molar-refractivity contribution >= 4 is 0 Å². The number of aliphatic hydroxyl groups excluding tert-OH is 2. The molecule has 3 unspecified atom stereocenters. The normalized spacial score (nSPS) is 16.5. The second kappa shape index (κ2) is 11.8. The Balaban J connectivity index is 3.39. The number of aliphatic hydroxyl groups is 2. The predicted octanol–water partition coefficient (Wildman–Crippen LogP) is -0.614. The van der Waals surface area contributed by atoms with Gasteiger partial charge in [0.05, 0.1) is 38.1 Å². The minimum absolute atomic E-state index is 0.0202. The summed E-state index contributed by atoms with van der Waals surface area (Å²) in [5, 5.41) is 22.1. The van der Waals surface area contributed by atoms with Crippen LogP contribution < -0.4 is 5.32 Å². The average molecular weight is 265 g/mol. The highest BCUT2D eigenvalue weighted by Gasteiger charge is 2.08. The number of hydrogen-bond acceptors (Lipinski definition) is 6. The van der Waals surface area contributed by atoms with Crippen LogP contribution in [0.3, 0.4) is 0 Å². The minimum atomic E-state index is -0.552. The molecule has 0 aliphatic rings. The van der Waals surface area contributed by atoms with Crippen molar-refractivity contribution in [1.29, 1.82) is 0 Å². The SMILES string of the molecule is COCC(O)CCNCC(O)COC(C)COC. The third-order valence-electron chi connectivity index (χ3n) is 2.37. The maximum absolute atomic E-state index is 9.62. The third-order valence-corrected chi connectivity index (χ3v) is 2.37. The van der Waals surface area contributed by atoms with Gasteiger partial charge in [-0.1, -0.05) is 0 Å². The summed E-state index contributed by atoms with van der Waals surface area (Å²) in [5.74, 6) is 0. The Morgan fingerprint density at radius 1 is 1.00 bits per heavy atom. The molecule has 0 rings (SSSR count). The van der Waals surface area contributed by atoms with Crippen LogP contribution in [0.25, 0.3) is 0 Å². The lowest BCUT2D eigenvalue weighted by Crippen LogP contribution is -2.34. The van der Waals surface area contributed by atoms with Gasteiger partial charge >= 0.3 is 0 Å². The largest absolute Gasteiger partial charge is 0.391 e. The summed E-state index contributed by atoms with van der Waals surface area (Å²) in [7, 11) is 3.17. The minimum Gasteiger partial charge on any atom is -0.391 e. The second-order valence-electron chi connectivity index (χ2n) is 4.36. The summed E-state index contributed by atoms with van der Waals surface area (Å²) in [6.07, 6.45) is -0.434. The Morgan fingerprint density at radius 2 is 1.67 bits per heavy atom. The Labute approximate surface area is 109 Å². The zero-order valence-corrected chi connectivity index (χ0v) is 11.6. The van der Waals surface area contributed by atoms with Gasteiger partial charge in [-0.05, 0) is 19.9 Å². The summed E-state index contributed by atoms with van der Waals surface area (Å²) in [6, 6.07) is 0. The van der Waals surface area contributed by atoms with Gasteiger partial charge in [0.1, 0.15) is 0 Å². The Bertz CT molecular complexity index is 182. The van der Waals surface area contributed by atoms with Gasteiger partial charge in [-0.2, -0.15) is 0 Å². The first kappa shape index (κ1) is 17.8. The van der Waals surface area contributed by atoms with Crippen LogP contribution in [0.4, 0.5) is 0 Å². The summed E-state index contributed by atoms with van der Waals surface area (Å²) < 4.78 is 15.1. The van der Waals surface area contributed by atoms with E-state index in [1.54, 1.807) is 14.2 Å². The van der Waals surface area contributed by atoms with E-state index in [4.69, 9.17) is 14.2 Å². The lowest BCUT2D eigenvalue weighted by Gasteiger charge is -2.16. The Hall–Kier alpha value is -0.240. The van der Waals surface area contributed by atoms with Gasteiger partial charge in [-0.3, -0.25) is 0 Å². The number of hydrogen-bond donors (Lipinski definition) is 3. The number of rotatable bonds is 12. The van der Waals surface area contributed by atoms with Gasteiger partial charge in [0.25, 0.3) is 0 Å². The van der Waals surface area contributed by atoms with Crippen LogP contribution in [0.5, 0.6) is 0 Å². The van der Waals surface area contributed by atoms with E-state index >= 15 is 0 Å². The van der Waals surface area contributed by atoms with E-state index in [1.807, 2.05) is 6.92 Å². The molecule has 0 aliphatic heterocycles. The molecule has 0 saturated carbocycles. The van der Waals surface area contributed by atoms with Gasteiger partial charge < -0.3 is 29.7 Å². The van der Waals surface area contributed by atoms with Gasteiger partial charge in [0.15, 0.2) is 0 Å². The molecule has 0 aromatic carbocycles. The third kappa shape index (κ3) is 10.9. The molecule has 6 nitrogen and oxygen atoms in total. The van der Waals surface area contributed by atoms with Crippen molar-refractivity contribution in [3.63, 3.8) is 0 Å². The molecule has 0 bridgehead atoms. The first-order chi connectivity index (χ1) is 8.60. The molecule has 0 amide bonds. The smallest absolute Gasteiger partial charge is 0.0897 e. The van der Waals surface area contributed by atoms with Crippen molar-refractivity contribution in [3.05, 3.63) is 0 Å². The molecule has 0 aromatic rings. The van der Waals surface area contributed by atoms with Crippen molar-refractivity contribution < 1.29 is 24.4 Å². The summed E-state index contributed by atoms with van der Waals surface area (Å²) in [6.45, 7) is 4.10. The fourth-order valence-electron chi connectivity index (χ4n) is 1.43. The molecular weight excluding hydrogens is 238 g/mol. The Kier molecular flexibility index (Phi) is 11.7. The van der Waals surface area contributed by atoms with Crippen LogP contribution in [-0.4, -0.2) is 75.7 Å². The lowest BCUT2D eigenvalue weighted by atomic mass is 10.2. The quantitative estimate of drug-likeness (QED) is 0.408. The van der Waals surface area contributed by atoms with E-state index in [1.165, 1.54) is 0 Å². The molecule has 0 heterocycles. The standard InChI is InChI=1S/C12H27NO5/c1-10(7-16-2)18-9-12(15)6-13-5-4-11(14)8-17-3/h10-15H,4-9H2,1-3H3. The first-order valence-corrected chi connectivity index (χ1v) is 6.26. The van der Waals surface area contributed by atoms with E-state index in [-0.39, 0.29) is 12.7 Å². The van der Waals surface area contributed by atoms with Crippen LogP contribution in [-0.2, 0) is 14.2 Å². The van der Waals surface area contributed by atoms with E-state index < -0.39 is 12.2 Å². The van der Waals surface area contributed by atoms with Gasteiger partial charge in [-0.15, -0.1) is 0 Å². The summed E-state index contributed by atoms with van der Waals surface area (Å²) in [5.41, 5.74) is 0. The number of methoxy groups -OCH3 is 2. The van der Waals surface area contributed by atoms with Crippen LogP contribution in [0.2, 0.25) is 0 Å². The van der Waals surface area contributed by atoms with Gasteiger partial charge in [0, 0.05) is 20.8 Å². The van der Waals surface area contributed by atoms with Crippen LogP contribution in [0, 0.1) is 0 Å². The molecule has 18 heavy (non-hydrogen) atoms. The van der Waals surface area contributed by atoms with Crippen LogP contribution in [0.15, 0.2) is 0 Å². The molecule has 110 valence electrons. The van der Waals surface area contributed by atoms with Crippen molar-refractivity contribution in [2.45, 2.75) is 31.7 Å². The molecule has 3 atom stereocenters. The van der Waals surface area contributed by atoms with Gasteiger partial charge in [0.2, 0.25) is 0 Å². The van der Waals surface area contributed by atoms with E-state index in [9.17, 15) is 10.2 Å².